The summed E-state index contributed by atoms with van der Waals surface area (Å²) in [5.41, 5.74) is -2.08. The maximum Gasteiger partial charge on any atom is 0.344 e. The smallest absolute Gasteiger partial charge is 0.344 e. The number of carbonyl (C=O) groups is 1. The van der Waals surface area contributed by atoms with Crippen molar-refractivity contribution in [3.05, 3.63) is 69.3 Å². The Morgan fingerprint density at radius 3 is 1.96 bits per heavy atom. The molecule has 0 radical (unpaired) electrons. The fraction of sp³-hybridized carbons (Fsp3) is 0.0714. The summed E-state index contributed by atoms with van der Waals surface area (Å²) in [4.78, 5) is 11.6. The van der Waals surface area contributed by atoms with Gasteiger partial charge in [0, 0.05) is 5.56 Å². The molecule has 122 valence electrons. The van der Waals surface area contributed by atoms with Crippen LogP contribution in [0.5, 0.6) is 0 Å². The molecule has 0 bridgehead atoms. The summed E-state index contributed by atoms with van der Waals surface area (Å²) in [5, 5.41) is -0.143. The highest BCUT2D eigenvalue weighted by Crippen LogP contribution is 2.25. The van der Waals surface area contributed by atoms with Crippen LogP contribution >= 0.6 is 11.6 Å². The van der Waals surface area contributed by atoms with Crippen LogP contribution in [0.15, 0.2) is 18.2 Å². The number of hydrogen-bond donors (Lipinski definition) is 0. The van der Waals surface area contributed by atoms with E-state index in [1.807, 2.05) is 0 Å². The number of ether oxygens (including phenoxy) is 1. The van der Waals surface area contributed by atoms with Gasteiger partial charge < -0.3 is 4.74 Å². The van der Waals surface area contributed by atoms with E-state index in [-0.39, 0.29) is 10.6 Å². The molecule has 0 amide bonds. The predicted octanol–water partition coefficient (Wildman–Crippen LogP) is 4.53. The molecule has 0 aliphatic rings. The predicted molar refractivity (Wildman–Crippen MR) is 66.8 cm³/mol. The molecule has 2 aromatic rings. The molecule has 0 aliphatic heterocycles. The third kappa shape index (κ3) is 3.12. The first-order valence-corrected chi connectivity index (χ1v) is 6.25. The van der Waals surface area contributed by atoms with Gasteiger partial charge in [0.05, 0.1) is 5.02 Å². The Morgan fingerprint density at radius 2 is 1.43 bits per heavy atom. The molecule has 2 nitrogen and oxygen atoms in total. The van der Waals surface area contributed by atoms with Gasteiger partial charge in [-0.1, -0.05) is 17.7 Å². The van der Waals surface area contributed by atoms with Gasteiger partial charge in [-0.2, -0.15) is 0 Å². The van der Waals surface area contributed by atoms with Crippen LogP contribution < -0.4 is 0 Å². The lowest BCUT2D eigenvalue weighted by Crippen LogP contribution is -2.15. The van der Waals surface area contributed by atoms with E-state index in [1.54, 1.807) is 0 Å². The highest BCUT2D eigenvalue weighted by molar-refractivity contribution is 6.31. The molecule has 0 unspecified atom stereocenters. The van der Waals surface area contributed by atoms with Crippen molar-refractivity contribution < 1.29 is 35.9 Å². The summed E-state index contributed by atoms with van der Waals surface area (Å²) < 4.78 is 83.5. The lowest BCUT2D eigenvalue weighted by molar-refractivity contribution is 0.0454. The second kappa shape index (κ2) is 6.49. The molecular weight excluding hydrogens is 350 g/mol. The van der Waals surface area contributed by atoms with E-state index < -0.39 is 53.0 Å². The zero-order valence-electron chi connectivity index (χ0n) is 10.9. The highest BCUT2D eigenvalue weighted by atomic mass is 35.5. The molecule has 0 fully saturated rings. The lowest BCUT2D eigenvalue weighted by atomic mass is 10.1. The zero-order chi connectivity index (χ0) is 17.3. The van der Waals surface area contributed by atoms with Crippen molar-refractivity contribution >= 4 is 17.6 Å². The Labute approximate surface area is 130 Å². The van der Waals surface area contributed by atoms with E-state index in [4.69, 9.17) is 11.6 Å². The number of esters is 1. The van der Waals surface area contributed by atoms with Crippen molar-refractivity contribution in [1.29, 1.82) is 0 Å². The normalized spacial score (nSPS) is 10.7. The van der Waals surface area contributed by atoms with E-state index in [9.17, 15) is 31.1 Å². The Kier molecular flexibility index (Phi) is 4.84. The SMILES string of the molecule is O=C(OCc1c(F)cccc1Cl)c1c(F)c(F)c(F)c(F)c1F. The Bertz CT molecular complexity index is 744. The third-order valence-electron chi connectivity index (χ3n) is 2.82. The molecule has 2 aromatic carbocycles. The number of benzene rings is 2. The molecule has 0 atom stereocenters. The van der Waals surface area contributed by atoms with E-state index in [0.717, 1.165) is 6.07 Å². The van der Waals surface area contributed by atoms with Crippen LogP contribution in [0.25, 0.3) is 0 Å². The van der Waals surface area contributed by atoms with Gasteiger partial charge in [0.25, 0.3) is 0 Å². The van der Waals surface area contributed by atoms with E-state index in [0.29, 0.717) is 0 Å². The maximum absolute atomic E-state index is 13.4. The molecule has 0 heterocycles. The molecule has 2 rings (SSSR count). The quantitative estimate of drug-likeness (QED) is 0.350. The minimum atomic E-state index is -2.41. The van der Waals surface area contributed by atoms with Gasteiger partial charge in [0.15, 0.2) is 23.3 Å². The van der Waals surface area contributed by atoms with Crippen LogP contribution in [0.1, 0.15) is 15.9 Å². The largest absolute Gasteiger partial charge is 0.457 e. The number of hydrogen-bond acceptors (Lipinski definition) is 2. The maximum atomic E-state index is 13.4. The van der Waals surface area contributed by atoms with Gasteiger partial charge in [-0.15, -0.1) is 0 Å². The fourth-order valence-corrected chi connectivity index (χ4v) is 1.88. The number of carbonyl (C=O) groups excluding carboxylic acids is 1. The molecule has 9 heteroatoms. The van der Waals surface area contributed by atoms with Crippen molar-refractivity contribution in [2.45, 2.75) is 6.61 Å². The van der Waals surface area contributed by atoms with Gasteiger partial charge in [-0.3, -0.25) is 0 Å². The number of halogens is 7. The molecule has 0 saturated heterocycles. The molecule has 0 aromatic heterocycles. The summed E-state index contributed by atoms with van der Waals surface area (Å²) in [5.74, 6) is -14.4. The molecule has 0 saturated carbocycles. The Morgan fingerprint density at radius 1 is 0.913 bits per heavy atom. The minimum Gasteiger partial charge on any atom is -0.457 e. The van der Waals surface area contributed by atoms with Crippen molar-refractivity contribution in [2.24, 2.45) is 0 Å². The van der Waals surface area contributed by atoms with Gasteiger partial charge in [0.2, 0.25) is 5.82 Å². The zero-order valence-corrected chi connectivity index (χ0v) is 11.7. The summed E-state index contributed by atoms with van der Waals surface area (Å²) in [6, 6.07) is 3.49. The second-order valence-electron chi connectivity index (χ2n) is 4.22. The van der Waals surface area contributed by atoms with Crippen molar-refractivity contribution in [3.8, 4) is 0 Å². The summed E-state index contributed by atoms with van der Waals surface area (Å²) in [7, 11) is 0. The fourth-order valence-electron chi connectivity index (χ4n) is 1.66. The first kappa shape index (κ1) is 17.1. The lowest BCUT2D eigenvalue weighted by Gasteiger charge is -2.10. The first-order chi connectivity index (χ1) is 10.8. The van der Waals surface area contributed by atoms with Crippen LogP contribution in [-0.2, 0) is 11.3 Å². The Hall–Kier alpha value is -2.22. The van der Waals surface area contributed by atoms with E-state index in [1.165, 1.54) is 12.1 Å². The molecule has 0 spiro atoms. The molecule has 23 heavy (non-hydrogen) atoms. The monoisotopic (exact) mass is 354 g/mol. The van der Waals surface area contributed by atoms with Crippen LogP contribution in [-0.4, -0.2) is 5.97 Å². The number of rotatable bonds is 3. The molecule has 0 N–H and O–H groups in total. The summed E-state index contributed by atoms with van der Waals surface area (Å²) in [6.45, 7) is -0.857. The molecule has 0 aliphatic carbocycles. The van der Waals surface area contributed by atoms with Gasteiger partial charge in [-0.25, -0.2) is 31.1 Å². The van der Waals surface area contributed by atoms with Crippen LogP contribution in [0.4, 0.5) is 26.3 Å². The highest BCUT2D eigenvalue weighted by Gasteiger charge is 2.30. The van der Waals surface area contributed by atoms with Gasteiger partial charge in [0.1, 0.15) is 18.0 Å². The standard InChI is InChI=1S/C14H5ClF6O2/c15-6-2-1-3-7(16)5(6)4-23-14(22)8-9(17)11(19)13(21)12(20)10(8)18/h1-3H,4H2. The second-order valence-corrected chi connectivity index (χ2v) is 4.63. The Balaban J connectivity index is 2.33. The average molecular weight is 355 g/mol. The average Bonchev–Trinajstić information content (AvgIpc) is 2.50. The molecular formula is C14H5ClF6O2. The van der Waals surface area contributed by atoms with Crippen LogP contribution in [0.2, 0.25) is 5.02 Å². The van der Waals surface area contributed by atoms with E-state index >= 15 is 0 Å². The summed E-state index contributed by atoms with van der Waals surface area (Å²) in [6.07, 6.45) is 0. The van der Waals surface area contributed by atoms with E-state index in [2.05, 4.69) is 4.74 Å². The third-order valence-corrected chi connectivity index (χ3v) is 3.18. The van der Waals surface area contributed by atoms with Crippen LogP contribution in [0, 0.1) is 34.9 Å². The van der Waals surface area contributed by atoms with Gasteiger partial charge in [-0.05, 0) is 12.1 Å². The topological polar surface area (TPSA) is 26.3 Å². The van der Waals surface area contributed by atoms with Gasteiger partial charge >= 0.3 is 5.97 Å². The van der Waals surface area contributed by atoms with Crippen molar-refractivity contribution in [2.75, 3.05) is 0 Å². The first-order valence-electron chi connectivity index (χ1n) is 5.87. The van der Waals surface area contributed by atoms with Crippen LogP contribution in [0.3, 0.4) is 0 Å². The van der Waals surface area contributed by atoms with Crippen molar-refractivity contribution in [1.82, 2.24) is 0 Å². The minimum absolute atomic E-state index is 0.143. The van der Waals surface area contributed by atoms with Crippen molar-refractivity contribution in [3.63, 3.8) is 0 Å². The summed E-state index contributed by atoms with van der Waals surface area (Å²) >= 11 is 5.64.